The number of piperazine rings is 1. The van der Waals surface area contributed by atoms with Crippen LogP contribution in [0.3, 0.4) is 0 Å². The minimum absolute atomic E-state index is 0.00661. The number of nitrogens with zero attached hydrogens (tertiary/aromatic N) is 2. The van der Waals surface area contributed by atoms with Crippen LogP contribution in [0.4, 0.5) is 0 Å². The number of benzene rings is 2. The molecule has 2 aromatic carbocycles. The Hall–Kier alpha value is -3.02. The van der Waals surface area contributed by atoms with Crippen molar-refractivity contribution in [2.45, 2.75) is 27.7 Å². The van der Waals surface area contributed by atoms with Crippen LogP contribution in [0.25, 0.3) is 0 Å². The maximum Gasteiger partial charge on any atom is 0.260 e. The van der Waals surface area contributed by atoms with Crippen LogP contribution >= 0.6 is 0 Å². The number of hydrogen-bond acceptors (Lipinski definition) is 4. The number of carbonyl (C=O) groups is 2. The molecule has 160 valence electrons. The molecule has 0 atom stereocenters. The second kappa shape index (κ2) is 9.65. The van der Waals surface area contributed by atoms with Crippen LogP contribution < -0.4 is 9.47 Å². The van der Waals surface area contributed by atoms with Gasteiger partial charge >= 0.3 is 0 Å². The summed E-state index contributed by atoms with van der Waals surface area (Å²) in [5.41, 5.74) is 4.42. The van der Waals surface area contributed by atoms with Crippen molar-refractivity contribution in [3.8, 4) is 11.5 Å². The molecule has 1 fully saturated rings. The van der Waals surface area contributed by atoms with Crippen molar-refractivity contribution < 1.29 is 19.1 Å². The van der Waals surface area contributed by atoms with Crippen LogP contribution in [-0.4, -0.2) is 61.0 Å². The van der Waals surface area contributed by atoms with Gasteiger partial charge in [0.15, 0.2) is 13.2 Å². The minimum Gasteiger partial charge on any atom is -0.484 e. The molecule has 6 nitrogen and oxygen atoms in total. The number of carbonyl (C=O) groups excluding carboxylic acids is 2. The molecular weight excluding hydrogens is 380 g/mol. The Morgan fingerprint density at radius 1 is 0.633 bits per heavy atom. The van der Waals surface area contributed by atoms with Crippen molar-refractivity contribution in [1.29, 1.82) is 0 Å². The summed E-state index contributed by atoms with van der Waals surface area (Å²) < 4.78 is 11.3. The van der Waals surface area contributed by atoms with Crippen molar-refractivity contribution in [1.82, 2.24) is 9.80 Å². The molecule has 0 aromatic heterocycles. The van der Waals surface area contributed by atoms with Crippen molar-refractivity contribution in [3.63, 3.8) is 0 Å². The van der Waals surface area contributed by atoms with Crippen LogP contribution in [-0.2, 0) is 9.59 Å². The van der Waals surface area contributed by atoms with Crippen LogP contribution in [0.1, 0.15) is 22.3 Å². The van der Waals surface area contributed by atoms with Crippen LogP contribution in [0.2, 0.25) is 0 Å². The van der Waals surface area contributed by atoms with Gasteiger partial charge in [0.25, 0.3) is 11.8 Å². The summed E-state index contributed by atoms with van der Waals surface area (Å²) in [5.74, 6) is 1.29. The van der Waals surface area contributed by atoms with Gasteiger partial charge in [0.2, 0.25) is 0 Å². The van der Waals surface area contributed by atoms with E-state index < -0.39 is 0 Å². The number of hydrogen-bond donors (Lipinski definition) is 0. The molecule has 0 unspecified atom stereocenters. The van der Waals surface area contributed by atoms with Gasteiger partial charge in [-0.1, -0.05) is 12.1 Å². The van der Waals surface area contributed by atoms with Gasteiger partial charge in [-0.25, -0.2) is 0 Å². The molecule has 1 aliphatic rings. The zero-order valence-corrected chi connectivity index (χ0v) is 18.2. The molecule has 0 radical (unpaired) electrons. The first-order valence-corrected chi connectivity index (χ1v) is 10.3. The van der Waals surface area contributed by atoms with Crippen molar-refractivity contribution in [2.75, 3.05) is 39.4 Å². The quantitative estimate of drug-likeness (QED) is 0.735. The summed E-state index contributed by atoms with van der Waals surface area (Å²) in [5, 5.41) is 0. The Balaban J connectivity index is 1.43. The zero-order valence-electron chi connectivity index (χ0n) is 18.2. The van der Waals surface area contributed by atoms with E-state index in [0.717, 1.165) is 22.3 Å². The third-order valence-corrected chi connectivity index (χ3v) is 5.10. The first kappa shape index (κ1) is 21.7. The van der Waals surface area contributed by atoms with E-state index in [1.54, 1.807) is 9.80 Å². The second-order valence-corrected chi connectivity index (χ2v) is 7.99. The van der Waals surface area contributed by atoms with Gasteiger partial charge < -0.3 is 19.3 Å². The molecule has 30 heavy (non-hydrogen) atoms. The Kier molecular flexibility index (Phi) is 6.98. The summed E-state index contributed by atoms with van der Waals surface area (Å²) in [6, 6.07) is 11.8. The minimum atomic E-state index is -0.0623. The first-order chi connectivity index (χ1) is 14.3. The van der Waals surface area contributed by atoms with Gasteiger partial charge in [0, 0.05) is 26.2 Å². The van der Waals surface area contributed by atoms with Gasteiger partial charge in [-0.15, -0.1) is 0 Å². The molecule has 0 aliphatic carbocycles. The van der Waals surface area contributed by atoms with E-state index in [9.17, 15) is 9.59 Å². The number of aryl methyl sites for hydroxylation is 4. The van der Waals surface area contributed by atoms with Gasteiger partial charge in [0.05, 0.1) is 0 Å². The smallest absolute Gasteiger partial charge is 0.260 e. The average Bonchev–Trinajstić information content (AvgIpc) is 2.69. The lowest BCUT2D eigenvalue weighted by atomic mass is 10.1. The second-order valence-electron chi connectivity index (χ2n) is 7.99. The predicted molar refractivity (Wildman–Crippen MR) is 116 cm³/mol. The Labute approximate surface area is 178 Å². The van der Waals surface area contributed by atoms with Crippen LogP contribution in [0, 0.1) is 27.7 Å². The molecule has 1 heterocycles. The normalized spacial score (nSPS) is 13.9. The summed E-state index contributed by atoms with van der Waals surface area (Å²) in [4.78, 5) is 28.4. The lowest BCUT2D eigenvalue weighted by Crippen LogP contribution is -2.52. The Morgan fingerprint density at radius 3 is 1.23 bits per heavy atom. The molecule has 2 amide bonds. The van der Waals surface area contributed by atoms with Gasteiger partial charge in [0.1, 0.15) is 11.5 Å². The first-order valence-electron chi connectivity index (χ1n) is 10.3. The lowest BCUT2D eigenvalue weighted by molar-refractivity contribution is -0.141. The van der Waals surface area contributed by atoms with Crippen molar-refractivity contribution in [2.24, 2.45) is 0 Å². The van der Waals surface area contributed by atoms with E-state index in [2.05, 4.69) is 12.1 Å². The highest BCUT2D eigenvalue weighted by Gasteiger charge is 2.24. The fourth-order valence-electron chi connectivity index (χ4n) is 3.71. The van der Waals surface area contributed by atoms with E-state index in [1.165, 1.54) is 0 Å². The monoisotopic (exact) mass is 410 g/mol. The largest absolute Gasteiger partial charge is 0.484 e. The van der Waals surface area contributed by atoms with Crippen LogP contribution in [0.15, 0.2) is 36.4 Å². The zero-order chi connectivity index (χ0) is 21.7. The molecule has 0 spiro atoms. The lowest BCUT2D eigenvalue weighted by Gasteiger charge is -2.34. The fraction of sp³-hybridized carbons (Fsp3) is 0.417. The SMILES string of the molecule is Cc1cc(C)cc(OCC(=O)N2CCN(C(=O)COc3cc(C)cc(C)c3)CC2)c1. The third kappa shape index (κ3) is 5.99. The molecule has 3 rings (SSSR count). The summed E-state index contributed by atoms with van der Waals surface area (Å²) >= 11 is 0. The van der Waals surface area contributed by atoms with E-state index in [0.29, 0.717) is 37.7 Å². The van der Waals surface area contributed by atoms with Crippen molar-refractivity contribution >= 4 is 11.8 Å². The van der Waals surface area contributed by atoms with E-state index in [4.69, 9.17) is 9.47 Å². The molecule has 1 saturated heterocycles. The number of amides is 2. The Morgan fingerprint density at radius 2 is 0.933 bits per heavy atom. The molecule has 0 saturated carbocycles. The molecule has 0 bridgehead atoms. The van der Waals surface area contributed by atoms with Gasteiger partial charge in [-0.05, 0) is 74.2 Å². The van der Waals surface area contributed by atoms with Gasteiger partial charge in [-0.3, -0.25) is 9.59 Å². The molecule has 6 heteroatoms. The van der Waals surface area contributed by atoms with Crippen LogP contribution in [0.5, 0.6) is 11.5 Å². The number of rotatable bonds is 6. The predicted octanol–water partition coefficient (Wildman–Crippen LogP) is 3.05. The van der Waals surface area contributed by atoms with E-state index in [-0.39, 0.29) is 25.0 Å². The highest BCUT2D eigenvalue weighted by atomic mass is 16.5. The highest BCUT2D eigenvalue weighted by molar-refractivity contribution is 5.80. The maximum absolute atomic E-state index is 12.5. The standard InChI is InChI=1S/C24H30N2O4/c1-17-9-18(2)12-21(11-17)29-15-23(27)25-5-7-26(8-6-25)24(28)16-30-22-13-19(3)10-20(4)14-22/h9-14H,5-8,15-16H2,1-4H3. The van der Waals surface area contributed by atoms with E-state index in [1.807, 2.05) is 52.0 Å². The van der Waals surface area contributed by atoms with E-state index >= 15 is 0 Å². The highest BCUT2D eigenvalue weighted by Crippen LogP contribution is 2.17. The average molecular weight is 411 g/mol. The Bertz CT molecular complexity index is 801. The molecular formula is C24H30N2O4. The topological polar surface area (TPSA) is 59.1 Å². The summed E-state index contributed by atoms with van der Waals surface area (Å²) in [7, 11) is 0. The molecule has 0 N–H and O–H groups in total. The fourth-order valence-corrected chi connectivity index (χ4v) is 3.71. The molecule has 2 aromatic rings. The van der Waals surface area contributed by atoms with Crippen molar-refractivity contribution in [3.05, 3.63) is 58.7 Å². The van der Waals surface area contributed by atoms with Gasteiger partial charge in [-0.2, -0.15) is 0 Å². The molecule has 1 aliphatic heterocycles. The summed E-state index contributed by atoms with van der Waals surface area (Å²) in [6.45, 7) is 10.0. The third-order valence-electron chi connectivity index (χ3n) is 5.10. The number of ether oxygens (including phenoxy) is 2. The summed E-state index contributed by atoms with van der Waals surface area (Å²) in [6.07, 6.45) is 0. The maximum atomic E-state index is 12.5.